The third-order valence-electron chi connectivity index (χ3n) is 4.00. The fourth-order valence-corrected chi connectivity index (χ4v) is 2.71. The second kappa shape index (κ2) is 7.65. The molecule has 0 aliphatic carbocycles. The number of nitrogens with two attached hydrogens (primary N) is 1. The average molecular weight is 332 g/mol. The number of rotatable bonds is 6. The molecule has 126 valence electrons. The van der Waals surface area contributed by atoms with Crippen molar-refractivity contribution >= 4 is 0 Å². The van der Waals surface area contributed by atoms with Crippen molar-refractivity contribution in [1.82, 2.24) is 9.78 Å². The molecule has 0 saturated carbocycles. The summed E-state index contributed by atoms with van der Waals surface area (Å²) in [4.78, 5) is 0. The van der Waals surface area contributed by atoms with Crippen LogP contribution in [0.2, 0.25) is 0 Å². The molecule has 0 fully saturated rings. The smallest absolute Gasteiger partial charge is 0.132 e. The van der Waals surface area contributed by atoms with Gasteiger partial charge in [-0.3, -0.25) is 0 Å². The zero-order chi connectivity index (χ0) is 17.6. The maximum atomic E-state index is 9.48. The molecule has 0 unspecified atom stereocenters. The first kappa shape index (κ1) is 16.7. The molecule has 3 aromatic rings. The minimum atomic E-state index is 0.273. The Kier molecular flexibility index (Phi) is 5.12. The highest BCUT2D eigenvalue weighted by Crippen LogP contribution is 2.21. The topological polar surface area (TPSA) is 76.9 Å². The number of hydrogen-bond acceptors (Lipinski definition) is 4. The Balaban J connectivity index is 1.85. The van der Waals surface area contributed by atoms with Crippen molar-refractivity contribution in [2.45, 2.75) is 20.0 Å². The van der Waals surface area contributed by atoms with E-state index in [2.05, 4.69) is 11.2 Å². The van der Waals surface area contributed by atoms with E-state index < -0.39 is 0 Å². The number of nitrogens with zero attached hydrogens (tertiary/aromatic N) is 3. The van der Waals surface area contributed by atoms with E-state index in [4.69, 9.17) is 10.5 Å². The molecular weight excluding hydrogens is 312 g/mol. The first-order chi connectivity index (χ1) is 12.2. The average Bonchev–Trinajstić information content (AvgIpc) is 2.97. The van der Waals surface area contributed by atoms with Crippen LogP contribution in [-0.4, -0.2) is 16.3 Å². The van der Waals surface area contributed by atoms with Crippen LogP contribution in [0.15, 0.2) is 54.6 Å². The van der Waals surface area contributed by atoms with Crippen LogP contribution < -0.4 is 10.5 Å². The van der Waals surface area contributed by atoms with Crippen LogP contribution in [0, 0.1) is 18.3 Å². The molecule has 1 heterocycles. The van der Waals surface area contributed by atoms with Gasteiger partial charge in [0.2, 0.25) is 0 Å². The second-order valence-corrected chi connectivity index (χ2v) is 5.74. The Bertz CT molecular complexity index is 877. The number of benzene rings is 2. The summed E-state index contributed by atoms with van der Waals surface area (Å²) in [5.41, 5.74) is 9.66. The number of aryl methyl sites for hydroxylation is 1. The highest BCUT2D eigenvalue weighted by molar-refractivity contribution is 5.43. The zero-order valence-corrected chi connectivity index (χ0v) is 14.1. The van der Waals surface area contributed by atoms with Gasteiger partial charge in [-0.25, -0.2) is 4.68 Å². The molecule has 5 heteroatoms. The van der Waals surface area contributed by atoms with Gasteiger partial charge in [0.15, 0.2) is 0 Å². The molecule has 0 amide bonds. The molecule has 0 atom stereocenters. The monoisotopic (exact) mass is 332 g/mol. The number of nitriles is 1. The Hall–Kier alpha value is -3.10. The van der Waals surface area contributed by atoms with Gasteiger partial charge in [-0.1, -0.05) is 30.3 Å². The third-order valence-corrected chi connectivity index (χ3v) is 4.00. The van der Waals surface area contributed by atoms with E-state index in [9.17, 15) is 5.26 Å². The van der Waals surface area contributed by atoms with Gasteiger partial charge < -0.3 is 10.5 Å². The van der Waals surface area contributed by atoms with Crippen molar-refractivity contribution in [2.24, 2.45) is 5.73 Å². The van der Waals surface area contributed by atoms with Crippen LogP contribution in [0.1, 0.15) is 22.5 Å². The molecule has 0 aliphatic rings. The molecule has 2 N–H and O–H groups in total. The van der Waals surface area contributed by atoms with E-state index in [1.54, 1.807) is 4.68 Å². The van der Waals surface area contributed by atoms with Gasteiger partial charge in [0.05, 0.1) is 17.1 Å². The first-order valence-electron chi connectivity index (χ1n) is 8.18. The van der Waals surface area contributed by atoms with Gasteiger partial charge >= 0.3 is 0 Å². The molecule has 1 aromatic heterocycles. The summed E-state index contributed by atoms with van der Waals surface area (Å²) in [6, 6.07) is 19.9. The van der Waals surface area contributed by atoms with Crippen LogP contribution in [0.25, 0.3) is 5.69 Å². The Morgan fingerprint density at radius 1 is 1.12 bits per heavy atom. The Morgan fingerprint density at radius 3 is 2.48 bits per heavy atom. The standard InChI is InChI=1S/C20H20N4O/c1-15-19(13-22)20(24(23-15)17-5-3-2-4-6-17)14-25-18-9-7-16(8-10-18)11-12-21/h2-10H,11-12,14,21H2,1H3. The van der Waals surface area contributed by atoms with Gasteiger partial charge in [0, 0.05) is 0 Å². The summed E-state index contributed by atoms with van der Waals surface area (Å²) in [6.45, 7) is 2.74. The number of hydrogen-bond donors (Lipinski definition) is 1. The summed E-state index contributed by atoms with van der Waals surface area (Å²) in [5.74, 6) is 0.753. The molecule has 2 aromatic carbocycles. The fraction of sp³-hybridized carbons (Fsp3) is 0.200. The van der Waals surface area contributed by atoms with Crippen molar-refractivity contribution in [3.63, 3.8) is 0 Å². The van der Waals surface area contributed by atoms with Crippen LogP contribution in [0.4, 0.5) is 0 Å². The summed E-state index contributed by atoms with van der Waals surface area (Å²) in [5, 5.41) is 14.0. The van der Waals surface area contributed by atoms with Gasteiger partial charge in [-0.05, 0) is 49.7 Å². The number of ether oxygens (including phenoxy) is 1. The molecular formula is C20H20N4O. The van der Waals surface area contributed by atoms with E-state index >= 15 is 0 Å². The van der Waals surface area contributed by atoms with Crippen molar-refractivity contribution < 1.29 is 4.74 Å². The molecule has 25 heavy (non-hydrogen) atoms. The predicted molar refractivity (Wildman–Crippen MR) is 96.5 cm³/mol. The van der Waals surface area contributed by atoms with Gasteiger partial charge in [-0.2, -0.15) is 10.4 Å². The summed E-state index contributed by atoms with van der Waals surface area (Å²) in [6.07, 6.45) is 0.846. The first-order valence-corrected chi connectivity index (χ1v) is 8.18. The molecule has 0 spiro atoms. The highest BCUT2D eigenvalue weighted by atomic mass is 16.5. The molecule has 0 radical (unpaired) electrons. The van der Waals surface area contributed by atoms with E-state index in [0.717, 1.165) is 23.6 Å². The lowest BCUT2D eigenvalue weighted by molar-refractivity contribution is 0.297. The maximum absolute atomic E-state index is 9.48. The van der Waals surface area contributed by atoms with Crippen molar-refractivity contribution in [3.8, 4) is 17.5 Å². The van der Waals surface area contributed by atoms with Crippen LogP contribution in [-0.2, 0) is 13.0 Å². The maximum Gasteiger partial charge on any atom is 0.132 e. The van der Waals surface area contributed by atoms with Crippen LogP contribution >= 0.6 is 0 Å². The molecule has 0 bridgehead atoms. The molecule has 5 nitrogen and oxygen atoms in total. The largest absolute Gasteiger partial charge is 0.487 e. The van der Waals surface area contributed by atoms with Crippen LogP contribution in [0.3, 0.4) is 0 Å². The second-order valence-electron chi connectivity index (χ2n) is 5.74. The summed E-state index contributed by atoms with van der Waals surface area (Å²) >= 11 is 0. The third kappa shape index (κ3) is 3.70. The quantitative estimate of drug-likeness (QED) is 0.752. The molecule has 0 saturated heterocycles. The number of para-hydroxylation sites is 1. The number of aromatic nitrogens is 2. The Labute approximate surface area is 147 Å². The fourth-order valence-electron chi connectivity index (χ4n) is 2.71. The van der Waals surface area contributed by atoms with E-state index in [1.807, 2.05) is 61.5 Å². The normalized spacial score (nSPS) is 10.4. The van der Waals surface area contributed by atoms with Gasteiger partial charge in [-0.15, -0.1) is 0 Å². The lowest BCUT2D eigenvalue weighted by atomic mass is 10.1. The molecule has 0 aliphatic heterocycles. The van der Waals surface area contributed by atoms with Crippen LogP contribution in [0.5, 0.6) is 5.75 Å². The zero-order valence-electron chi connectivity index (χ0n) is 14.1. The van der Waals surface area contributed by atoms with Crippen molar-refractivity contribution in [1.29, 1.82) is 5.26 Å². The Morgan fingerprint density at radius 2 is 1.84 bits per heavy atom. The lowest BCUT2D eigenvalue weighted by Crippen LogP contribution is -2.07. The predicted octanol–water partition coefficient (Wildman–Crippen LogP) is 3.13. The van der Waals surface area contributed by atoms with E-state index in [-0.39, 0.29) is 6.61 Å². The molecule has 3 rings (SSSR count). The van der Waals surface area contributed by atoms with E-state index in [0.29, 0.717) is 17.8 Å². The highest BCUT2D eigenvalue weighted by Gasteiger charge is 2.16. The minimum Gasteiger partial charge on any atom is -0.487 e. The van der Waals surface area contributed by atoms with Crippen molar-refractivity contribution in [2.75, 3.05) is 6.54 Å². The van der Waals surface area contributed by atoms with Crippen molar-refractivity contribution in [3.05, 3.63) is 77.1 Å². The van der Waals surface area contributed by atoms with E-state index in [1.165, 1.54) is 5.56 Å². The minimum absolute atomic E-state index is 0.273. The van der Waals surface area contributed by atoms with Gasteiger partial charge in [0.1, 0.15) is 24.0 Å². The summed E-state index contributed by atoms with van der Waals surface area (Å²) < 4.78 is 7.67. The SMILES string of the molecule is Cc1nn(-c2ccccc2)c(COc2ccc(CCN)cc2)c1C#N. The summed E-state index contributed by atoms with van der Waals surface area (Å²) in [7, 11) is 0. The van der Waals surface area contributed by atoms with Gasteiger partial charge in [0.25, 0.3) is 0 Å². The lowest BCUT2D eigenvalue weighted by Gasteiger charge is -2.10.